The van der Waals surface area contributed by atoms with Crippen molar-refractivity contribution in [2.24, 2.45) is 7.05 Å². The fourth-order valence-electron chi connectivity index (χ4n) is 2.91. The lowest BCUT2D eigenvalue weighted by Gasteiger charge is -2.16. The number of benzene rings is 2. The van der Waals surface area contributed by atoms with Crippen LogP contribution < -0.4 is 5.32 Å². The Balaban J connectivity index is 2.14. The van der Waals surface area contributed by atoms with Crippen molar-refractivity contribution in [2.75, 3.05) is 7.05 Å². The Hall–Kier alpha value is -2.13. The average molecular weight is 279 g/mol. The molecule has 1 heterocycles. The first-order chi connectivity index (χ1) is 10.2. The van der Waals surface area contributed by atoms with Crippen LogP contribution in [0.5, 0.6) is 0 Å². The molecule has 0 saturated carbocycles. The Labute approximate surface area is 125 Å². The van der Waals surface area contributed by atoms with Gasteiger partial charge in [0.1, 0.15) is 0 Å². The summed E-state index contributed by atoms with van der Waals surface area (Å²) in [5.41, 5.74) is 4.87. The Kier molecular flexibility index (Phi) is 3.76. The molecule has 21 heavy (non-hydrogen) atoms. The van der Waals surface area contributed by atoms with Crippen LogP contribution in [0.1, 0.15) is 29.8 Å². The van der Waals surface area contributed by atoms with Gasteiger partial charge in [0.25, 0.3) is 0 Å². The van der Waals surface area contributed by atoms with E-state index in [0.717, 1.165) is 12.1 Å². The molecular weight excluding hydrogens is 258 g/mol. The highest BCUT2D eigenvalue weighted by Gasteiger charge is 2.19. The van der Waals surface area contributed by atoms with Crippen molar-refractivity contribution < 1.29 is 0 Å². The summed E-state index contributed by atoms with van der Waals surface area (Å²) in [5.74, 6) is 0. The van der Waals surface area contributed by atoms with Gasteiger partial charge in [0, 0.05) is 12.4 Å². The topological polar surface area (TPSA) is 29.9 Å². The molecule has 2 aromatic carbocycles. The lowest BCUT2D eigenvalue weighted by Crippen LogP contribution is -2.18. The number of aromatic nitrogens is 2. The van der Waals surface area contributed by atoms with Gasteiger partial charge in [0.05, 0.1) is 17.3 Å². The molecule has 1 N–H and O–H groups in total. The first-order valence-electron chi connectivity index (χ1n) is 7.42. The number of aryl methyl sites for hydroxylation is 2. The van der Waals surface area contributed by atoms with Crippen LogP contribution in [0.25, 0.3) is 10.9 Å². The minimum Gasteiger partial charge on any atom is -0.308 e. The quantitative estimate of drug-likeness (QED) is 0.793. The molecular formula is C18H21N3. The van der Waals surface area contributed by atoms with Gasteiger partial charge in [0.15, 0.2) is 0 Å². The van der Waals surface area contributed by atoms with Crippen LogP contribution in [0.15, 0.2) is 48.5 Å². The van der Waals surface area contributed by atoms with Crippen molar-refractivity contribution >= 4 is 10.9 Å². The van der Waals surface area contributed by atoms with E-state index in [1.807, 2.05) is 18.8 Å². The van der Waals surface area contributed by atoms with Gasteiger partial charge in [-0.25, -0.2) is 0 Å². The zero-order valence-corrected chi connectivity index (χ0v) is 12.8. The van der Waals surface area contributed by atoms with Crippen molar-refractivity contribution in [2.45, 2.75) is 19.4 Å². The average Bonchev–Trinajstić information content (AvgIpc) is 2.86. The molecule has 3 nitrogen and oxygen atoms in total. The summed E-state index contributed by atoms with van der Waals surface area (Å²) in [5, 5.41) is 9.37. The number of hydrogen-bond donors (Lipinski definition) is 1. The van der Waals surface area contributed by atoms with Gasteiger partial charge >= 0.3 is 0 Å². The maximum atomic E-state index is 4.75. The molecule has 1 atom stereocenters. The van der Waals surface area contributed by atoms with Crippen LogP contribution in [0, 0.1) is 0 Å². The highest BCUT2D eigenvalue weighted by atomic mass is 15.3. The van der Waals surface area contributed by atoms with E-state index in [9.17, 15) is 0 Å². The van der Waals surface area contributed by atoms with Crippen molar-refractivity contribution in [3.05, 3.63) is 65.4 Å². The fourth-order valence-corrected chi connectivity index (χ4v) is 2.91. The lowest BCUT2D eigenvalue weighted by atomic mass is 9.98. The molecule has 3 rings (SSSR count). The highest BCUT2D eigenvalue weighted by Crippen LogP contribution is 2.28. The first kappa shape index (κ1) is 13.8. The Morgan fingerprint density at radius 1 is 1.14 bits per heavy atom. The number of nitrogens with zero attached hydrogens (tertiary/aromatic N) is 2. The van der Waals surface area contributed by atoms with E-state index in [4.69, 9.17) is 5.10 Å². The van der Waals surface area contributed by atoms with E-state index in [0.29, 0.717) is 0 Å². The molecule has 108 valence electrons. The van der Waals surface area contributed by atoms with Crippen LogP contribution in [0.4, 0.5) is 0 Å². The zero-order chi connectivity index (χ0) is 14.8. The van der Waals surface area contributed by atoms with Crippen LogP contribution in [0.3, 0.4) is 0 Å². The van der Waals surface area contributed by atoms with Crippen LogP contribution >= 0.6 is 0 Å². The van der Waals surface area contributed by atoms with Gasteiger partial charge < -0.3 is 5.32 Å². The van der Waals surface area contributed by atoms with Gasteiger partial charge in [0.2, 0.25) is 0 Å². The van der Waals surface area contributed by atoms with Crippen LogP contribution in [-0.2, 0) is 13.5 Å². The lowest BCUT2D eigenvalue weighted by molar-refractivity contribution is 0.648. The fraction of sp³-hybridized carbons (Fsp3) is 0.278. The highest BCUT2D eigenvalue weighted by molar-refractivity contribution is 5.82. The molecule has 1 aromatic heterocycles. The Bertz CT molecular complexity index is 758. The molecule has 0 aliphatic carbocycles. The molecule has 3 heteroatoms. The largest absolute Gasteiger partial charge is 0.308 e. The van der Waals surface area contributed by atoms with Crippen molar-refractivity contribution in [3.63, 3.8) is 0 Å². The number of fused-ring (bicyclic) bond motifs is 1. The summed E-state index contributed by atoms with van der Waals surface area (Å²) in [6, 6.07) is 17.2. The molecule has 3 aromatic rings. The number of nitrogens with one attached hydrogen (secondary N) is 1. The third-order valence-electron chi connectivity index (χ3n) is 4.04. The monoisotopic (exact) mass is 279 g/mol. The third-order valence-corrected chi connectivity index (χ3v) is 4.04. The number of rotatable bonds is 4. The molecule has 0 fully saturated rings. The van der Waals surface area contributed by atoms with Crippen molar-refractivity contribution in [1.29, 1.82) is 0 Å². The van der Waals surface area contributed by atoms with E-state index >= 15 is 0 Å². The van der Waals surface area contributed by atoms with Crippen molar-refractivity contribution in [1.82, 2.24) is 15.1 Å². The maximum Gasteiger partial charge on any atom is 0.0917 e. The summed E-state index contributed by atoms with van der Waals surface area (Å²) in [4.78, 5) is 0. The summed E-state index contributed by atoms with van der Waals surface area (Å²) in [6.07, 6.45) is 1.05. The first-order valence-corrected chi connectivity index (χ1v) is 7.42. The molecule has 0 amide bonds. The van der Waals surface area contributed by atoms with Gasteiger partial charge in [-0.3, -0.25) is 4.68 Å². The molecule has 0 saturated heterocycles. The van der Waals surface area contributed by atoms with Crippen LogP contribution in [0.2, 0.25) is 0 Å². The van der Waals surface area contributed by atoms with Gasteiger partial charge in [-0.05, 0) is 30.7 Å². The SMILES string of the molecule is CCc1cccc(C(NC)c2nn(C)c3ccccc23)c1. The summed E-state index contributed by atoms with van der Waals surface area (Å²) >= 11 is 0. The molecule has 0 spiro atoms. The van der Waals surface area contributed by atoms with Crippen LogP contribution in [-0.4, -0.2) is 16.8 Å². The normalized spacial score (nSPS) is 12.7. The van der Waals surface area contributed by atoms with Gasteiger partial charge in [-0.15, -0.1) is 0 Å². The van der Waals surface area contributed by atoms with Gasteiger partial charge in [-0.1, -0.05) is 49.4 Å². The Morgan fingerprint density at radius 2 is 1.95 bits per heavy atom. The van der Waals surface area contributed by atoms with E-state index in [2.05, 4.69) is 60.8 Å². The summed E-state index contributed by atoms with van der Waals surface area (Å²) in [6.45, 7) is 2.18. The molecule has 1 unspecified atom stereocenters. The molecule has 0 bridgehead atoms. The van der Waals surface area contributed by atoms with Gasteiger partial charge in [-0.2, -0.15) is 5.10 Å². The number of hydrogen-bond acceptors (Lipinski definition) is 2. The number of para-hydroxylation sites is 1. The summed E-state index contributed by atoms with van der Waals surface area (Å²) in [7, 11) is 3.99. The standard InChI is InChI=1S/C18H21N3/c1-4-13-8-7-9-14(12-13)17(19-2)18-15-10-5-6-11-16(15)21(3)20-18/h5-12,17,19H,4H2,1-3H3. The minimum atomic E-state index is 0.114. The third kappa shape index (κ3) is 2.45. The second-order valence-electron chi connectivity index (χ2n) is 5.35. The predicted octanol–water partition coefficient (Wildman–Crippen LogP) is 3.44. The second kappa shape index (κ2) is 5.70. The van der Waals surface area contributed by atoms with E-state index in [-0.39, 0.29) is 6.04 Å². The van der Waals surface area contributed by atoms with E-state index in [1.165, 1.54) is 22.0 Å². The maximum absolute atomic E-state index is 4.75. The smallest absolute Gasteiger partial charge is 0.0917 e. The van der Waals surface area contributed by atoms with Crippen molar-refractivity contribution in [3.8, 4) is 0 Å². The molecule has 0 radical (unpaired) electrons. The summed E-state index contributed by atoms with van der Waals surface area (Å²) < 4.78 is 1.96. The molecule has 0 aliphatic rings. The Morgan fingerprint density at radius 3 is 2.71 bits per heavy atom. The second-order valence-corrected chi connectivity index (χ2v) is 5.35. The molecule has 0 aliphatic heterocycles. The predicted molar refractivity (Wildman–Crippen MR) is 87.4 cm³/mol. The zero-order valence-electron chi connectivity index (χ0n) is 12.8. The van der Waals surface area contributed by atoms with E-state index in [1.54, 1.807) is 0 Å². The minimum absolute atomic E-state index is 0.114. The van der Waals surface area contributed by atoms with E-state index < -0.39 is 0 Å².